The van der Waals surface area contributed by atoms with Crippen molar-refractivity contribution in [1.29, 1.82) is 5.26 Å². The Morgan fingerprint density at radius 3 is 1.62 bits per heavy atom. The minimum Gasteiger partial charge on any atom is -0.455 e. The van der Waals surface area contributed by atoms with E-state index in [1.807, 2.05) is 84.9 Å². The van der Waals surface area contributed by atoms with E-state index in [1.165, 1.54) is 49.9 Å². The average Bonchev–Trinajstić information content (AvgIpc) is 4.10. The summed E-state index contributed by atoms with van der Waals surface area (Å²) >= 11 is 0. The van der Waals surface area contributed by atoms with Crippen molar-refractivity contribution in [1.82, 2.24) is 19.5 Å². The van der Waals surface area contributed by atoms with Crippen LogP contribution >= 0.6 is 0 Å². The van der Waals surface area contributed by atoms with Gasteiger partial charge in [-0.05, 0) is 68.8 Å². The molecule has 3 heterocycles. The lowest BCUT2D eigenvalue weighted by atomic mass is 9.69. The number of rotatable bonds is 4. The van der Waals surface area contributed by atoms with Crippen LogP contribution in [0.3, 0.4) is 0 Å². The van der Waals surface area contributed by atoms with Crippen LogP contribution in [0.4, 0.5) is 0 Å². The van der Waals surface area contributed by atoms with Gasteiger partial charge < -0.3 is 8.98 Å². The van der Waals surface area contributed by atoms with Crippen LogP contribution in [0.15, 0.2) is 205 Å². The molecule has 0 amide bonds. The van der Waals surface area contributed by atoms with Crippen LogP contribution in [0.5, 0.6) is 0 Å². The van der Waals surface area contributed by atoms with E-state index >= 15 is 0 Å². The smallest absolute Gasteiger partial charge is 0.169 e. The molecule has 9 aromatic carbocycles. The molecule has 0 fully saturated rings. The van der Waals surface area contributed by atoms with Crippen molar-refractivity contribution in [2.45, 2.75) is 5.41 Å². The largest absolute Gasteiger partial charge is 0.455 e. The summed E-state index contributed by atoms with van der Waals surface area (Å²) in [5.74, 6) is 1.38. The second-order valence-corrected chi connectivity index (χ2v) is 16.9. The van der Waals surface area contributed by atoms with Crippen molar-refractivity contribution in [3.63, 3.8) is 0 Å². The van der Waals surface area contributed by atoms with Crippen LogP contribution in [0, 0.1) is 11.3 Å². The third-order valence-corrected chi connectivity index (χ3v) is 13.7. The van der Waals surface area contributed by atoms with Crippen molar-refractivity contribution in [2.24, 2.45) is 0 Å². The van der Waals surface area contributed by atoms with E-state index < -0.39 is 5.41 Å². The highest BCUT2D eigenvalue weighted by Crippen LogP contribution is 2.64. The van der Waals surface area contributed by atoms with Crippen molar-refractivity contribution >= 4 is 43.7 Å². The van der Waals surface area contributed by atoms with Gasteiger partial charge in [-0.15, -0.1) is 0 Å². The fraction of sp³-hybridized carbons (Fsp3) is 0.0169. The molecule has 0 N–H and O–H groups in total. The molecule has 0 bridgehead atoms. The second-order valence-electron chi connectivity index (χ2n) is 16.9. The Labute approximate surface area is 373 Å². The highest BCUT2D eigenvalue weighted by Gasteiger charge is 2.52. The standard InChI is InChI=1S/C59H33N5O/c60-34-37-33-49(53-43-25-11-16-30-50(43)65-55(53)51(37)58-62-56(35-17-3-1-4-18-35)61-57(63-58)36-19-5-2-6-20-36)64-47-29-15-10-24-42(47)52-48(64)32-31-41-40-23-9-14-28-46(40)59(54(41)52)44-26-12-7-21-38(44)39-22-8-13-27-45(39)59/h1-33H. The number of aromatic nitrogens is 4. The number of nitriles is 1. The summed E-state index contributed by atoms with van der Waals surface area (Å²) in [6.07, 6.45) is 0. The number of hydrogen-bond acceptors (Lipinski definition) is 5. The highest BCUT2D eigenvalue weighted by molar-refractivity contribution is 6.20. The first kappa shape index (κ1) is 35.7. The Kier molecular flexibility index (Phi) is 7.29. The Morgan fingerprint density at radius 2 is 0.985 bits per heavy atom. The van der Waals surface area contributed by atoms with Crippen LogP contribution in [-0.4, -0.2) is 19.5 Å². The zero-order valence-electron chi connectivity index (χ0n) is 34.7. The van der Waals surface area contributed by atoms with Gasteiger partial charge in [-0.1, -0.05) is 176 Å². The van der Waals surface area contributed by atoms with Gasteiger partial charge in [0.2, 0.25) is 0 Å². The average molecular weight is 828 g/mol. The molecule has 0 aliphatic heterocycles. The van der Waals surface area contributed by atoms with Gasteiger partial charge in [-0.25, -0.2) is 15.0 Å². The second kappa shape index (κ2) is 13.3. The number of furan rings is 1. The summed E-state index contributed by atoms with van der Waals surface area (Å²) in [6, 6.07) is 72.6. The maximum Gasteiger partial charge on any atom is 0.169 e. The summed E-state index contributed by atoms with van der Waals surface area (Å²) in [6.45, 7) is 0. The lowest BCUT2D eigenvalue weighted by molar-refractivity contribution is 0.669. The maximum atomic E-state index is 11.3. The number of para-hydroxylation sites is 2. The molecule has 3 aromatic heterocycles. The molecule has 12 aromatic rings. The van der Waals surface area contributed by atoms with Crippen LogP contribution in [-0.2, 0) is 5.41 Å². The third kappa shape index (κ3) is 4.73. The lowest BCUT2D eigenvalue weighted by Gasteiger charge is -2.31. The molecule has 0 radical (unpaired) electrons. The van der Waals surface area contributed by atoms with E-state index in [2.05, 4.69) is 126 Å². The molecule has 65 heavy (non-hydrogen) atoms. The molecule has 2 aliphatic carbocycles. The molecule has 1 spiro atoms. The topological polar surface area (TPSA) is 80.5 Å². The molecule has 0 saturated heterocycles. The summed E-state index contributed by atoms with van der Waals surface area (Å²) in [5.41, 5.74) is 16.3. The minimum atomic E-state index is -0.557. The Morgan fingerprint density at radius 1 is 0.462 bits per heavy atom. The molecule has 6 heteroatoms. The summed E-state index contributed by atoms with van der Waals surface area (Å²) in [7, 11) is 0. The molecular weight excluding hydrogens is 795 g/mol. The Hall–Kier alpha value is -8.92. The normalized spacial score (nSPS) is 13.0. The van der Waals surface area contributed by atoms with E-state index in [0.717, 1.165) is 44.0 Å². The van der Waals surface area contributed by atoms with E-state index in [4.69, 9.17) is 19.4 Å². The molecule has 14 rings (SSSR count). The first-order chi connectivity index (χ1) is 32.2. The van der Waals surface area contributed by atoms with Crippen LogP contribution in [0.25, 0.3) is 106 Å². The van der Waals surface area contributed by atoms with Gasteiger partial charge in [0, 0.05) is 27.3 Å². The quantitative estimate of drug-likeness (QED) is 0.176. The molecule has 0 saturated carbocycles. The van der Waals surface area contributed by atoms with Gasteiger partial charge in [0.15, 0.2) is 17.5 Å². The zero-order valence-corrected chi connectivity index (χ0v) is 34.7. The number of hydrogen-bond donors (Lipinski definition) is 0. The SMILES string of the molecule is N#Cc1cc(-n2c3ccccc3c3c4c(ccc32)-c2ccccc2C42c3ccccc3-c3ccccc32)c2c(oc3ccccc32)c1-c1nc(-c2ccccc2)nc(-c2ccccc2)n1. The Balaban J connectivity index is 1.11. The van der Waals surface area contributed by atoms with E-state index in [-0.39, 0.29) is 0 Å². The van der Waals surface area contributed by atoms with Crippen LogP contribution in [0.1, 0.15) is 27.8 Å². The maximum absolute atomic E-state index is 11.3. The van der Waals surface area contributed by atoms with Crippen molar-refractivity contribution < 1.29 is 4.42 Å². The summed E-state index contributed by atoms with van der Waals surface area (Å²) < 4.78 is 9.29. The molecule has 0 atom stereocenters. The first-order valence-corrected chi connectivity index (χ1v) is 21.8. The van der Waals surface area contributed by atoms with Gasteiger partial charge in [-0.3, -0.25) is 0 Å². The van der Waals surface area contributed by atoms with E-state index in [0.29, 0.717) is 39.8 Å². The van der Waals surface area contributed by atoms with E-state index in [9.17, 15) is 5.26 Å². The predicted molar refractivity (Wildman–Crippen MR) is 259 cm³/mol. The zero-order chi connectivity index (χ0) is 42.8. The molecule has 0 unspecified atom stereocenters. The van der Waals surface area contributed by atoms with Crippen molar-refractivity contribution in [3.8, 4) is 68.2 Å². The van der Waals surface area contributed by atoms with Crippen LogP contribution in [0.2, 0.25) is 0 Å². The fourth-order valence-corrected chi connectivity index (χ4v) is 11.2. The van der Waals surface area contributed by atoms with Crippen molar-refractivity contribution in [3.05, 3.63) is 228 Å². The molecule has 6 nitrogen and oxygen atoms in total. The lowest BCUT2D eigenvalue weighted by Crippen LogP contribution is -2.26. The first-order valence-electron chi connectivity index (χ1n) is 21.8. The van der Waals surface area contributed by atoms with Gasteiger partial charge in [0.05, 0.1) is 38.6 Å². The van der Waals surface area contributed by atoms with Crippen LogP contribution < -0.4 is 0 Å². The minimum absolute atomic E-state index is 0.364. The molecular formula is C59H33N5O. The van der Waals surface area contributed by atoms with Gasteiger partial charge >= 0.3 is 0 Å². The Bertz CT molecular complexity index is 3900. The van der Waals surface area contributed by atoms with E-state index in [1.54, 1.807) is 0 Å². The van der Waals surface area contributed by atoms with Gasteiger partial charge in [-0.2, -0.15) is 5.26 Å². The number of nitrogens with zero attached hydrogens (tertiary/aromatic N) is 5. The highest BCUT2D eigenvalue weighted by atomic mass is 16.3. The summed E-state index contributed by atoms with van der Waals surface area (Å²) in [5, 5.41) is 15.4. The third-order valence-electron chi connectivity index (χ3n) is 13.7. The fourth-order valence-electron chi connectivity index (χ4n) is 11.2. The molecule has 300 valence electrons. The number of benzene rings is 9. The monoisotopic (exact) mass is 827 g/mol. The van der Waals surface area contributed by atoms with Gasteiger partial charge in [0.1, 0.15) is 17.2 Å². The van der Waals surface area contributed by atoms with Crippen molar-refractivity contribution in [2.75, 3.05) is 0 Å². The van der Waals surface area contributed by atoms with Gasteiger partial charge in [0.25, 0.3) is 0 Å². The molecule has 2 aliphatic rings. The number of fused-ring (bicyclic) bond motifs is 17. The predicted octanol–water partition coefficient (Wildman–Crippen LogP) is 14.1. The summed E-state index contributed by atoms with van der Waals surface area (Å²) in [4.78, 5) is 15.2.